The smallest absolute Gasteiger partial charge is 0.199 e. The van der Waals surface area contributed by atoms with Crippen molar-refractivity contribution in [3.8, 4) is 0 Å². The number of hydrogen-bond donors (Lipinski definition) is 0. The number of rotatable bonds is 0. The lowest BCUT2D eigenvalue weighted by atomic mass is 9.82. The van der Waals surface area contributed by atoms with E-state index < -0.39 is 5.79 Å². The van der Waals surface area contributed by atoms with Crippen LogP contribution >= 0.6 is 15.9 Å². The maximum Gasteiger partial charge on any atom is 0.199 e. The van der Waals surface area contributed by atoms with Gasteiger partial charge < -0.3 is 9.47 Å². The van der Waals surface area contributed by atoms with Crippen molar-refractivity contribution in [3.63, 3.8) is 0 Å². The molecule has 1 saturated heterocycles. The largest absolute Gasteiger partial charge is 0.346 e. The monoisotopic (exact) mass is 268 g/mol. The predicted octanol–water partition coefficient (Wildman–Crippen LogP) is 2.99. The van der Waals surface area contributed by atoms with Gasteiger partial charge in [-0.2, -0.15) is 0 Å². The first-order chi connectivity index (χ1) is 7.30. The molecule has 1 spiro atoms. The molecule has 0 unspecified atom stereocenters. The lowest BCUT2D eigenvalue weighted by Crippen LogP contribution is -2.43. The molecule has 1 aromatic carbocycles. The van der Waals surface area contributed by atoms with E-state index in [0.717, 1.165) is 36.9 Å². The van der Waals surface area contributed by atoms with Crippen LogP contribution in [0, 0.1) is 0 Å². The highest BCUT2D eigenvalue weighted by Crippen LogP contribution is 2.45. The quantitative estimate of drug-likeness (QED) is 0.720. The van der Waals surface area contributed by atoms with Gasteiger partial charge in [-0.05, 0) is 30.5 Å². The highest BCUT2D eigenvalue weighted by molar-refractivity contribution is 9.10. The van der Waals surface area contributed by atoms with Gasteiger partial charge in [-0.15, -0.1) is 0 Å². The first kappa shape index (κ1) is 9.82. The van der Waals surface area contributed by atoms with Crippen LogP contribution < -0.4 is 0 Å². The molecule has 3 rings (SSSR count). The summed E-state index contributed by atoms with van der Waals surface area (Å²) < 4.78 is 12.8. The SMILES string of the molecule is Brc1ccc2c(c1)C1(C2)OCCCCO1. The molecule has 1 aromatic rings. The van der Waals surface area contributed by atoms with E-state index in [0.29, 0.717) is 0 Å². The van der Waals surface area contributed by atoms with E-state index in [-0.39, 0.29) is 0 Å². The Hall–Kier alpha value is -0.380. The van der Waals surface area contributed by atoms with Crippen molar-refractivity contribution in [1.82, 2.24) is 0 Å². The fourth-order valence-corrected chi connectivity index (χ4v) is 2.64. The summed E-state index contributed by atoms with van der Waals surface area (Å²) in [6, 6.07) is 6.33. The molecule has 15 heavy (non-hydrogen) atoms. The van der Waals surface area contributed by atoms with Crippen LogP contribution in [-0.4, -0.2) is 13.2 Å². The summed E-state index contributed by atoms with van der Waals surface area (Å²) in [5.74, 6) is -0.421. The van der Waals surface area contributed by atoms with E-state index in [1.54, 1.807) is 0 Å². The van der Waals surface area contributed by atoms with Crippen LogP contribution in [0.2, 0.25) is 0 Å². The molecule has 0 saturated carbocycles. The van der Waals surface area contributed by atoms with Crippen LogP contribution in [0.3, 0.4) is 0 Å². The summed E-state index contributed by atoms with van der Waals surface area (Å²) in [5.41, 5.74) is 2.55. The van der Waals surface area contributed by atoms with E-state index in [9.17, 15) is 0 Å². The molecule has 0 N–H and O–H groups in total. The third kappa shape index (κ3) is 1.53. The van der Waals surface area contributed by atoms with Crippen LogP contribution in [0.5, 0.6) is 0 Å². The standard InChI is InChI=1S/C12H13BrO2/c13-10-4-3-9-8-12(11(9)7-10)14-5-1-2-6-15-12/h3-4,7H,1-2,5-6,8H2. The van der Waals surface area contributed by atoms with Crippen molar-refractivity contribution >= 4 is 15.9 Å². The number of benzene rings is 1. The van der Waals surface area contributed by atoms with Crippen LogP contribution in [0.1, 0.15) is 24.0 Å². The second-order valence-corrected chi connectivity index (χ2v) is 5.05. The van der Waals surface area contributed by atoms with Gasteiger partial charge in [-0.25, -0.2) is 0 Å². The molecule has 0 amide bonds. The van der Waals surface area contributed by atoms with Crippen molar-refractivity contribution in [2.75, 3.05) is 13.2 Å². The van der Waals surface area contributed by atoms with Gasteiger partial charge in [-0.1, -0.05) is 22.0 Å². The highest BCUT2D eigenvalue weighted by atomic mass is 79.9. The van der Waals surface area contributed by atoms with Gasteiger partial charge >= 0.3 is 0 Å². The number of halogens is 1. The van der Waals surface area contributed by atoms with Crippen molar-refractivity contribution in [2.24, 2.45) is 0 Å². The van der Waals surface area contributed by atoms with Gasteiger partial charge in [0.2, 0.25) is 0 Å². The third-order valence-corrected chi connectivity index (χ3v) is 3.61. The molecule has 0 atom stereocenters. The van der Waals surface area contributed by atoms with Gasteiger partial charge in [-0.3, -0.25) is 0 Å². The fraction of sp³-hybridized carbons (Fsp3) is 0.500. The summed E-state index contributed by atoms with van der Waals surface area (Å²) in [5, 5.41) is 0. The number of hydrogen-bond acceptors (Lipinski definition) is 2. The zero-order valence-corrected chi connectivity index (χ0v) is 10.0. The van der Waals surface area contributed by atoms with Crippen LogP contribution in [0.25, 0.3) is 0 Å². The zero-order valence-electron chi connectivity index (χ0n) is 8.46. The molecular formula is C12H13BrO2. The Morgan fingerprint density at radius 3 is 2.60 bits per heavy atom. The Bertz CT molecular complexity index is 381. The summed E-state index contributed by atoms with van der Waals surface area (Å²) in [4.78, 5) is 0. The van der Waals surface area contributed by atoms with E-state index in [2.05, 4.69) is 34.1 Å². The first-order valence-electron chi connectivity index (χ1n) is 5.37. The molecule has 1 heterocycles. The van der Waals surface area contributed by atoms with Crippen LogP contribution in [0.15, 0.2) is 22.7 Å². The second-order valence-electron chi connectivity index (χ2n) is 4.14. The molecule has 2 aliphatic rings. The molecule has 0 radical (unpaired) electrons. The molecule has 0 aromatic heterocycles. The lowest BCUT2D eigenvalue weighted by Gasteiger charge is -2.42. The van der Waals surface area contributed by atoms with E-state index in [4.69, 9.17) is 9.47 Å². The highest BCUT2D eigenvalue weighted by Gasteiger charge is 2.45. The molecule has 1 aliphatic carbocycles. The Labute approximate surface area is 97.7 Å². The number of fused-ring (bicyclic) bond motifs is 2. The van der Waals surface area contributed by atoms with E-state index >= 15 is 0 Å². The number of ether oxygens (including phenoxy) is 2. The Morgan fingerprint density at radius 1 is 1.13 bits per heavy atom. The Balaban J connectivity index is 1.96. The van der Waals surface area contributed by atoms with E-state index in [1.165, 1.54) is 11.1 Å². The minimum absolute atomic E-state index is 0.421. The normalized spacial score (nSPS) is 23.0. The summed E-state index contributed by atoms with van der Waals surface area (Å²) >= 11 is 3.49. The Morgan fingerprint density at radius 2 is 1.87 bits per heavy atom. The van der Waals surface area contributed by atoms with Gasteiger partial charge in [0.25, 0.3) is 0 Å². The molecule has 80 valence electrons. The summed E-state index contributed by atoms with van der Waals surface area (Å²) in [6.07, 6.45) is 3.10. The molecule has 1 aliphatic heterocycles. The van der Waals surface area contributed by atoms with Crippen LogP contribution in [0.4, 0.5) is 0 Å². The minimum atomic E-state index is -0.421. The van der Waals surface area contributed by atoms with Crippen molar-refractivity contribution < 1.29 is 9.47 Å². The molecule has 0 bridgehead atoms. The van der Waals surface area contributed by atoms with E-state index in [1.807, 2.05) is 0 Å². The third-order valence-electron chi connectivity index (χ3n) is 3.11. The average molecular weight is 269 g/mol. The lowest BCUT2D eigenvalue weighted by molar-refractivity contribution is -0.249. The molecule has 1 fully saturated rings. The first-order valence-corrected chi connectivity index (χ1v) is 6.16. The maximum atomic E-state index is 5.86. The molecule has 3 heteroatoms. The summed E-state index contributed by atoms with van der Waals surface area (Å²) in [7, 11) is 0. The van der Waals surface area contributed by atoms with Gasteiger partial charge in [0, 0.05) is 16.5 Å². The minimum Gasteiger partial charge on any atom is -0.346 e. The zero-order chi connectivity index (χ0) is 10.3. The van der Waals surface area contributed by atoms with Gasteiger partial charge in [0.05, 0.1) is 13.2 Å². The second kappa shape index (κ2) is 3.58. The Kier molecular flexibility index (Phi) is 2.34. The van der Waals surface area contributed by atoms with Gasteiger partial charge in [0.1, 0.15) is 0 Å². The predicted molar refractivity (Wildman–Crippen MR) is 60.7 cm³/mol. The molecular weight excluding hydrogens is 256 g/mol. The summed E-state index contributed by atoms with van der Waals surface area (Å²) in [6.45, 7) is 1.62. The van der Waals surface area contributed by atoms with Crippen molar-refractivity contribution in [1.29, 1.82) is 0 Å². The van der Waals surface area contributed by atoms with Crippen molar-refractivity contribution in [2.45, 2.75) is 25.0 Å². The van der Waals surface area contributed by atoms with Gasteiger partial charge in [0.15, 0.2) is 5.79 Å². The topological polar surface area (TPSA) is 18.5 Å². The molecule has 2 nitrogen and oxygen atoms in total. The average Bonchev–Trinajstić information content (AvgIpc) is 2.47. The van der Waals surface area contributed by atoms with Crippen LogP contribution in [-0.2, 0) is 21.7 Å². The maximum absolute atomic E-state index is 5.86. The fourth-order valence-electron chi connectivity index (χ4n) is 2.27. The van der Waals surface area contributed by atoms with Crippen molar-refractivity contribution in [3.05, 3.63) is 33.8 Å².